The van der Waals surface area contributed by atoms with Gasteiger partial charge in [-0.25, -0.2) is 0 Å². The van der Waals surface area contributed by atoms with E-state index in [1.165, 1.54) is 32.1 Å². The molecule has 3 fully saturated rings. The standard InChI is InChI=1S/C21H36N6O2/c22-17-7-6-16(13-26(14-17)18-8-10-29-11-9-18)21(28)23-12-20-25-24-15-27(20)19-4-2-1-3-5-19/h15-19H,1-14,22H2,(H,23,28)/t16-,17+/m1/s1. The minimum Gasteiger partial charge on any atom is -0.381 e. The first-order valence-electron chi connectivity index (χ1n) is 11.4. The quantitative estimate of drug-likeness (QED) is 0.774. The molecule has 8 heteroatoms. The number of aromatic nitrogens is 3. The second kappa shape index (κ2) is 10.00. The van der Waals surface area contributed by atoms with Gasteiger partial charge in [-0.15, -0.1) is 10.2 Å². The Bertz CT molecular complexity index is 653. The summed E-state index contributed by atoms with van der Waals surface area (Å²) >= 11 is 0. The number of amides is 1. The number of ether oxygens (including phenoxy) is 1. The molecule has 3 aliphatic rings. The third kappa shape index (κ3) is 5.35. The van der Waals surface area contributed by atoms with Crippen molar-refractivity contribution in [2.75, 3.05) is 26.3 Å². The van der Waals surface area contributed by atoms with Gasteiger partial charge in [0, 0.05) is 44.4 Å². The number of rotatable bonds is 5. The Labute approximate surface area is 173 Å². The van der Waals surface area contributed by atoms with Crippen LogP contribution in [0.15, 0.2) is 6.33 Å². The second-order valence-electron chi connectivity index (χ2n) is 9.00. The van der Waals surface area contributed by atoms with Crippen molar-refractivity contribution in [3.05, 3.63) is 12.2 Å². The number of nitrogens with two attached hydrogens (primary N) is 1. The highest BCUT2D eigenvalue weighted by Crippen LogP contribution is 2.28. The van der Waals surface area contributed by atoms with Crippen LogP contribution in [0.3, 0.4) is 0 Å². The van der Waals surface area contributed by atoms with E-state index < -0.39 is 0 Å². The van der Waals surface area contributed by atoms with Crippen molar-refractivity contribution in [3.8, 4) is 0 Å². The molecule has 8 nitrogen and oxygen atoms in total. The molecule has 2 aliphatic heterocycles. The first-order chi connectivity index (χ1) is 14.2. The van der Waals surface area contributed by atoms with Crippen LogP contribution in [-0.4, -0.2) is 64.0 Å². The van der Waals surface area contributed by atoms with Gasteiger partial charge in [-0.2, -0.15) is 0 Å². The summed E-state index contributed by atoms with van der Waals surface area (Å²) in [6, 6.07) is 1.10. The molecule has 0 aromatic carbocycles. The minimum absolute atomic E-state index is 0.0163. The summed E-state index contributed by atoms with van der Waals surface area (Å²) in [5.41, 5.74) is 6.32. The Hall–Kier alpha value is -1.51. The molecule has 2 atom stereocenters. The van der Waals surface area contributed by atoms with Crippen LogP contribution in [-0.2, 0) is 16.1 Å². The van der Waals surface area contributed by atoms with Crippen LogP contribution in [0.25, 0.3) is 0 Å². The van der Waals surface area contributed by atoms with Gasteiger partial charge in [0.1, 0.15) is 6.33 Å². The largest absolute Gasteiger partial charge is 0.381 e. The average molecular weight is 405 g/mol. The summed E-state index contributed by atoms with van der Waals surface area (Å²) in [5, 5.41) is 11.5. The summed E-state index contributed by atoms with van der Waals surface area (Å²) in [5.74, 6) is 0.976. The molecule has 4 rings (SSSR count). The van der Waals surface area contributed by atoms with Gasteiger partial charge in [-0.3, -0.25) is 9.69 Å². The van der Waals surface area contributed by atoms with Crippen molar-refractivity contribution < 1.29 is 9.53 Å². The van der Waals surface area contributed by atoms with Gasteiger partial charge < -0.3 is 20.4 Å². The lowest BCUT2D eigenvalue weighted by atomic mass is 9.95. The summed E-state index contributed by atoms with van der Waals surface area (Å²) in [6.07, 6.45) is 11.8. The third-order valence-corrected chi connectivity index (χ3v) is 6.92. The van der Waals surface area contributed by atoms with E-state index in [9.17, 15) is 4.79 Å². The van der Waals surface area contributed by atoms with Crippen molar-refractivity contribution in [3.63, 3.8) is 0 Å². The Morgan fingerprint density at radius 2 is 1.86 bits per heavy atom. The third-order valence-electron chi connectivity index (χ3n) is 6.92. The fraction of sp³-hybridized carbons (Fsp3) is 0.857. The van der Waals surface area contributed by atoms with E-state index in [4.69, 9.17) is 10.5 Å². The highest BCUT2D eigenvalue weighted by molar-refractivity contribution is 5.78. The molecule has 2 saturated heterocycles. The first kappa shape index (κ1) is 20.8. The maximum absolute atomic E-state index is 13.0. The average Bonchev–Trinajstić information content (AvgIpc) is 3.15. The molecule has 162 valence electrons. The van der Waals surface area contributed by atoms with Gasteiger partial charge in [0.15, 0.2) is 5.82 Å². The molecule has 1 aromatic heterocycles. The fourth-order valence-corrected chi connectivity index (χ4v) is 5.19. The van der Waals surface area contributed by atoms with Crippen LogP contribution < -0.4 is 11.1 Å². The van der Waals surface area contributed by atoms with E-state index >= 15 is 0 Å². The van der Waals surface area contributed by atoms with Gasteiger partial charge in [0.25, 0.3) is 0 Å². The Balaban J connectivity index is 1.34. The summed E-state index contributed by atoms with van der Waals surface area (Å²) in [6.45, 7) is 3.74. The minimum atomic E-state index is -0.0163. The maximum Gasteiger partial charge on any atom is 0.224 e. The number of nitrogens with zero attached hydrogens (tertiary/aromatic N) is 4. The molecule has 1 amide bonds. The van der Waals surface area contributed by atoms with Crippen molar-refractivity contribution in [1.82, 2.24) is 25.0 Å². The topological polar surface area (TPSA) is 98.3 Å². The van der Waals surface area contributed by atoms with Gasteiger partial charge in [-0.05, 0) is 38.5 Å². The second-order valence-corrected chi connectivity index (χ2v) is 9.00. The zero-order valence-electron chi connectivity index (χ0n) is 17.5. The first-order valence-corrected chi connectivity index (χ1v) is 11.4. The van der Waals surface area contributed by atoms with Crippen LogP contribution in [0.1, 0.15) is 69.7 Å². The summed E-state index contributed by atoms with van der Waals surface area (Å²) in [4.78, 5) is 15.4. The van der Waals surface area contributed by atoms with Gasteiger partial charge in [0.2, 0.25) is 5.91 Å². The van der Waals surface area contributed by atoms with Crippen molar-refractivity contribution >= 4 is 5.91 Å². The molecule has 1 saturated carbocycles. The van der Waals surface area contributed by atoms with E-state index in [1.54, 1.807) is 0 Å². The lowest BCUT2D eigenvalue weighted by molar-refractivity contribution is -0.126. The zero-order chi connectivity index (χ0) is 20.1. The summed E-state index contributed by atoms with van der Waals surface area (Å²) in [7, 11) is 0. The Kier molecular flexibility index (Phi) is 7.15. The van der Waals surface area contributed by atoms with Crippen molar-refractivity contribution in [1.29, 1.82) is 0 Å². The van der Waals surface area contributed by atoms with Crippen LogP contribution in [0.5, 0.6) is 0 Å². The van der Waals surface area contributed by atoms with Gasteiger partial charge >= 0.3 is 0 Å². The van der Waals surface area contributed by atoms with Gasteiger partial charge in [0.05, 0.1) is 12.5 Å². The highest BCUT2D eigenvalue weighted by Gasteiger charge is 2.31. The number of carbonyl (C=O) groups excluding carboxylic acids is 1. The normalized spacial score (nSPS) is 28.2. The van der Waals surface area contributed by atoms with Crippen molar-refractivity contribution in [2.45, 2.75) is 82.5 Å². The molecule has 0 radical (unpaired) electrons. The molecule has 0 unspecified atom stereocenters. The van der Waals surface area contributed by atoms with Crippen LogP contribution in [0.2, 0.25) is 0 Å². The van der Waals surface area contributed by atoms with E-state index in [0.717, 1.165) is 57.8 Å². The Morgan fingerprint density at radius 3 is 2.66 bits per heavy atom. The van der Waals surface area contributed by atoms with Gasteiger partial charge in [-0.1, -0.05) is 19.3 Å². The summed E-state index contributed by atoms with van der Waals surface area (Å²) < 4.78 is 7.69. The molecule has 29 heavy (non-hydrogen) atoms. The lowest BCUT2D eigenvalue weighted by Crippen LogP contribution is -2.47. The number of hydrogen-bond donors (Lipinski definition) is 2. The number of carbonyl (C=O) groups is 1. The Morgan fingerprint density at radius 1 is 1.07 bits per heavy atom. The van der Waals surface area contributed by atoms with Crippen LogP contribution in [0, 0.1) is 5.92 Å². The molecule has 3 heterocycles. The molecular formula is C21H36N6O2. The van der Waals surface area contributed by atoms with E-state index in [0.29, 0.717) is 18.6 Å². The smallest absolute Gasteiger partial charge is 0.224 e. The molecule has 3 N–H and O–H groups in total. The fourth-order valence-electron chi connectivity index (χ4n) is 5.19. The monoisotopic (exact) mass is 404 g/mol. The number of hydrogen-bond acceptors (Lipinski definition) is 6. The molecule has 0 spiro atoms. The number of likely N-dealkylation sites (tertiary alicyclic amines) is 1. The predicted molar refractivity (Wildman–Crippen MR) is 110 cm³/mol. The number of nitrogens with one attached hydrogen (secondary N) is 1. The van der Waals surface area contributed by atoms with Crippen molar-refractivity contribution in [2.24, 2.45) is 11.7 Å². The van der Waals surface area contributed by atoms with Crippen LogP contribution in [0.4, 0.5) is 0 Å². The molecular weight excluding hydrogens is 368 g/mol. The lowest BCUT2D eigenvalue weighted by Gasteiger charge is -2.35. The highest BCUT2D eigenvalue weighted by atomic mass is 16.5. The maximum atomic E-state index is 13.0. The SMILES string of the molecule is N[C@H]1CC[C@@H](C(=O)NCc2nncn2C2CCCCC2)CN(C2CCOCC2)C1. The molecule has 1 aromatic rings. The van der Waals surface area contributed by atoms with E-state index in [2.05, 4.69) is 25.0 Å². The zero-order valence-corrected chi connectivity index (χ0v) is 17.5. The van der Waals surface area contributed by atoms with Crippen LogP contribution >= 0.6 is 0 Å². The van der Waals surface area contributed by atoms with E-state index in [1.807, 2.05) is 6.33 Å². The van der Waals surface area contributed by atoms with E-state index in [-0.39, 0.29) is 17.9 Å². The predicted octanol–water partition coefficient (Wildman–Crippen LogP) is 1.62. The molecule has 1 aliphatic carbocycles. The molecule has 0 bridgehead atoms.